The van der Waals surface area contributed by atoms with Gasteiger partial charge in [-0.3, -0.25) is 0 Å². The lowest BCUT2D eigenvalue weighted by atomic mass is 10.1. The fourth-order valence-corrected chi connectivity index (χ4v) is 2.60. The van der Waals surface area contributed by atoms with Gasteiger partial charge in [-0.05, 0) is 36.3 Å². The van der Waals surface area contributed by atoms with Gasteiger partial charge in [0.25, 0.3) is 0 Å². The van der Waals surface area contributed by atoms with Crippen molar-refractivity contribution in [2.45, 2.75) is 6.92 Å². The molecule has 120 valence electrons. The highest BCUT2D eigenvalue weighted by Crippen LogP contribution is 2.21. The first kappa shape index (κ1) is 16.4. The molecule has 0 atom stereocenters. The van der Waals surface area contributed by atoms with Gasteiger partial charge in [0.15, 0.2) is 5.82 Å². The van der Waals surface area contributed by atoms with Crippen LogP contribution in [0.1, 0.15) is 11.1 Å². The first-order valence-electron chi connectivity index (χ1n) is 7.35. The van der Waals surface area contributed by atoms with Crippen LogP contribution in [-0.2, 0) is 0 Å². The first-order valence-corrected chi connectivity index (χ1v) is 8.14. The third-order valence-electron chi connectivity index (χ3n) is 3.44. The van der Waals surface area contributed by atoms with Crippen LogP contribution in [0.15, 0.2) is 64.7 Å². The SMILES string of the molecule is Cc1ccccc1-c1n[nH]c(=S)n1N=CC(Cl)=Cc1ccccc1. The van der Waals surface area contributed by atoms with E-state index in [0.29, 0.717) is 15.6 Å². The molecule has 0 aliphatic heterocycles. The van der Waals surface area contributed by atoms with E-state index in [9.17, 15) is 0 Å². The Morgan fingerprint density at radius 1 is 1.17 bits per heavy atom. The molecule has 0 aliphatic carbocycles. The van der Waals surface area contributed by atoms with Crippen LogP contribution in [0.25, 0.3) is 17.5 Å². The third kappa shape index (κ3) is 3.69. The van der Waals surface area contributed by atoms with Crippen molar-refractivity contribution in [2.24, 2.45) is 5.10 Å². The van der Waals surface area contributed by atoms with Crippen molar-refractivity contribution in [1.82, 2.24) is 14.9 Å². The number of hydrogen-bond acceptors (Lipinski definition) is 3. The first-order chi connectivity index (χ1) is 11.6. The average Bonchev–Trinajstić information content (AvgIpc) is 2.95. The number of aromatic nitrogens is 3. The summed E-state index contributed by atoms with van der Waals surface area (Å²) in [4.78, 5) is 0. The second-order valence-electron chi connectivity index (χ2n) is 5.16. The van der Waals surface area contributed by atoms with Gasteiger partial charge in [-0.1, -0.05) is 66.2 Å². The quantitative estimate of drug-likeness (QED) is 0.527. The molecule has 0 amide bonds. The van der Waals surface area contributed by atoms with Gasteiger partial charge in [-0.2, -0.15) is 14.9 Å². The number of H-pyrrole nitrogens is 1. The Kier molecular flexibility index (Phi) is 5.03. The molecular formula is C18H15ClN4S. The highest BCUT2D eigenvalue weighted by molar-refractivity contribution is 7.71. The number of aromatic amines is 1. The Bertz CT molecular complexity index is 954. The summed E-state index contributed by atoms with van der Waals surface area (Å²) < 4.78 is 1.98. The molecule has 6 heteroatoms. The molecule has 1 heterocycles. The number of aryl methyl sites for hydroxylation is 1. The van der Waals surface area contributed by atoms with Crippen LogP contribution in [0.2, 0.25) is 0 Å². The van der Waals surface area contributed by atoms with Crippen LogP contribution in [0.4, 0.5) is 0 Å². The molecule has 0 aliphatic rings. The van der Waals surface area contributed by atoms with E-state index < -0.39 is 0 Å². The van der Waals surface area contributed by atoms with E-state index in [4.69, 9.17) is 23.8 Å². The number of halogens is 1. The number of rotatable bonds is 4. The largest absolute Gasteiger partial charge is 0.250 e. The summed E-state index contributed by atoms with van der Waals surface area (Å²) in [6.45, 7) is 2.02. The van der Waals surface area contributed by atoms with E-state index in [2.05, 4.69) is 15.3 Å². The van der Waals surface area contributed by atoms with Crippen LogP contribution >= 0.6 is 23.8 Å². The molecular weight excluding hydrogens is 340 g/mol. The number of benzene rings is 2. The second kappa shape index (κ2) is 7.38. The number of hydrogen-bond donors (Lipinski definition) is 1. The minimum Gasteiger partial charge on any atom is -0.250 e. The normalized spacial score (nSPS) is 12.0. The van der Waals surface area contributed by atoms with E-state index >= 15 is 0 Å². The van der Waals surface area contributed by atoms with Gasteiger partial charge in [0.05, 0.1) is 11.2 Å². The average molecular weight is 355 g/mol. The van der Waals surface area contributed by atoms with Crippen LogP contribution in [0.5, 0.6) is 0 Å². The lowest BCUT2D eigenvalue weighted by molar-refractivity contribution is 0.871. The number of nitrogens with one attached hydrogen (secondary N) is 1. The molecule has 0 saturated heterocycles. The molecule has 0 fully saturated rings. The van der Waals surface area contributed by atoms with Gasteiger partial charge in [0.2, 0.25) is 4.77 Å². The van der Waals surface area contributed by atoms with Gasteiger partial charge < -0.3 is 0 Å². The molecule has 0 unspecified atom stereocenters. The minimum absolute atomic E-state index is 0.411. The van der Waals surface area contributed by atoms with E-state index in [1.807, 2.05) is 67.6 Å². The maximum atomic E-state index is 6.25. The van der Waals surface area contributed by atoms with E-state index in [1.165, 1.54) is 0 Å². The standard InChI is InChI=1S/C18H15ClN4S/c1-13-7-5-6-10-16(13)17-21-22-18(24)23(17)20-12-15(19)11-14-8-3-2-4-9-14/h2-12H,1H3,(H,22,24). The highest BCUT2D eigenvalue weighted by atomic mass is 35.5. The van der Waals surface area contributed by atoms with E-state index in [-0.39, 0.29) is 0 Å². The Balaban J connectivity index is 1.94. The van der Waals surface area contributed by atoms with Gasteiger partial charge in [-0.15, -0.1) is 0 Å². The van der Waals surface area contributed by atoms with Gasteiger partial charge >= 0.3 is 0 Å². The molecule has 1 aromatic heterocycles. The maximum Gasteiger partial charge on any atom is 0.216 e. The van der Waals surface area contributed by atoms with Crippen molar-refractivity contribution in [2.75, 3.05) is 0 Å². The second-order valence-corrected chi connectivity index (χ2v) is 5.99. The molecule has 4 nitrogen and oxygen atoms in total. The molecule has 0 radical (unpaired) electrons. The van der Waals surface area contributed by atoms with E-state index in [1.54, 1.807) is 10.9 Å². The molecule has 24 heavy (non-hydrogen) atoms. The molecule has 1 N–H and O–H groups in total. The summed E-state index contributed by atoms with van der Waals surface area (Å²) >= 11 is 11.5. The van der Waals surface area contributed by atoms with Crippen molar-refractivity contribution in [3.63, 3.8) is 0 Å². The lowest BCUT2D eigenvalue weighted by Crippen LogP contribution is -1.96. The highest BCUT2D eigenvalue weighted by Gasteiger charge is 2.09. The molecule has 3 aromatic rings. The van der Waals surface area contributed by atoms with Gasteiger partial charge in [0, 0.05) is 5.56 Å². The Labute approximate surface area is 150 Å². The smallest absolute Gasteiger partial charge is 0.216 e. The zero-order chi connectivity index (χ0) is 16.9. The van der Waals surface area contributed by atoms with Crippen molar-refractivity contribution in [3.8, 4) is 11.4 Å². The molecule has 3 rings (SSSR count). The summed E-state index contributed by atoms with van der Waals surface area (Å²) in [5.41, 5.74) is 3.06. The Morgan fingerprint density at radius 2 is 1.88 bits per heavy atom. The summed E-state index contributed by atoms with van der Waals surface area (Å²) in [5.74, 6) is 0.651. The minimum atomic E-state index is 0.411. The summed E-state index contributed by atoms with van der Waals surface area (Å²) in [7, 11) is 0. The fourth-order valence-electron chi connectivity index (χ4n) is 2.26. The van der Waals surface area contributed by atoms with Crippen molar-refractivity contribution < 1.29 is 0 Å². The van der Waals surface area contributed by atoms with Crippen molar-refractivity contribution in [1.29, 1.82) is 0 Å². The topological polar surface area (TPSA) is 46.0 Å². The molecule has 0 saturated carbocycles. The van der Waals surface area contributed by atoms with Crippen molar-refractivity contribution >= 4 is 36.1 Å². The molecule has 0 bridgehead atoms. The van der Waals surface area contributed by atoms with Crippen molar-refractivity contribution in [3.05, 3.63) is 75.5 Å². The molecule has 0 spiro atoms. The Hall–Kier alpha value is -2.50. The van der Waals surface area contributed by atoms with Crippen LogP contribution in [0, 0.1) is 11.7 Å². The lowest BCUT2D eigenvalue weighted by Gasteiger charge is -2.04. The van der Waals surface area contributed by atoms with Crippen LogP contribution in [-0.4, -0.2) is 21.1 Å². The van der Waals surface area contributed by atoms with Crippen LogP contribution in [0.3, 0.4) is 0 Å². The third-order valence-corrected chi connectivity index (χ3v) is 3.91. The summed E-state index contributed by atoms with van der Waals surface area (Å²) in [5, 5.41) is 11.9. The van der Waals surface area contributed by atoms with Gasteiger partial charge in [-0.25, -0.2) is 5.10 Å². The molecule has 2 aromatic carbocycles. The monoisotopic (exact) mass is 354 g/mol. The fraction of sp³-hybridized carbons (Fsp3) is 0.0556. The zero-order valence-electron chi connectivity index (χ0n) is 13.0. The zero-order valence-corrected chi connectivity index (χ0v) is 14.6. The predicted molar refractivity (Wildman–Crippen MR) is 102 cm³/mol. The van der Waals surface area contributed by atoms with Crippen LogP contribution < -0.4 is 0 Å². The Morgan fingerprint density at radius 3 is 2.62 bits per heavy atom. The number of allylic oxidation sites excluding steroid dienone is 1. The van der Waals surface area contributed by atoms with Gasteiger partial charge in [0.1, 0.15) is 0 Å². The van der Waals surface area contributed by atoms with E-state index in [0.717, 1.165) is 16.7 Å². The number of nitrogens with zero attached hydrogens (tertiary/aromatic N) is 3. The summed E-state index contributed by atoms with van der Waals surface area (Å²) in [6.07, 6.45) is 3.39. The maximum absolute atomic E-state index is 6.25. The predicted octanol–water partition coefficient (Wildman–Crippen LogP) is 5.03. The summed E-state index contributed by atoms with van der Waals surface area (Å²) in [6, 6.07) is 17.7.